The van der Waals surface area contributed by atoms with Gasteiger partial charge in [-0.15, -0.1) is 0 Å². The van der Waals surface area contributed by atoms with Gasteiger partial charge in [-0.25, -0.2) is 18.4 Å². The molecule has 31 heavy (non-hydrogen) atoms. The summed E-state index contributed by atoms with van der Waals surface area (Å²) < 4.78 is 37.9. The third-order valence-electron chi connectivity index (χ3n) is 4.73. The molecule has 0 aliphatic heterocycles. The van der Waals surface area contributed by atoms with E-state index in [1.165, 1.54) is 0 Å². The second-order valence-electron chi connectivity index (χ2n) is 8.96. The molecule has 0 fully saturated rings. The van der Waals surface area contributed by atoms with Gasteiger partial charge in [0.15, 0.2) is 0 Å². The van der Waals surface area contributed by atoms with Crippen LogP contribution in [-0.4, -0.2) is 30.3 Å². The Labute approximate surface area is 184 Å². The van der Waals surface area contributed by atoms with E-state index in [0.29, 0.717) is 0 Å². The lowest BCUT2D eigenvalue weighted by molar-refractivity contribution is -0.147. The Morgan fingerprint density at radius 3 is 2.03 bits per heavy atom. The Balaban J connectivity index is 2.89. The highest BCUT2D eigenvalue weighted by atomic mass is 19.1. The van der Waals surface area contributed by atoms with E-state index in [9.17, 15) is 18.4 Å². The number of hydrogen-bond acceptors (Lipinski definition) is 4. The molecule has 1 rings (SSSR count). The van der Waals surface area contributed by atoms with Gasteiger partial charge in [0.25, 0.3) is 0 Å². The third-order valence-corrected chi connectivity index (χ3v) is 4.73. The molecule has 0 radical (unpaired) electrons. The first-order valence-electron chi connectivity index (χ1n) is 11.1. The summed E-state index contributed by atoms with van der Waals surface area (Å²) in [5.41, 5.74) is -0.515. The number of esters is 1. The minimum absolute atomic E-state index is 0.110. The van der Waals surface area contributed by atoms with Crippen LogP contribution in [0.1, 0.15) is 78.7 Å². The molecular formula is C24H37F2NO4. The highest BCUT2D eigenvalue weighted by Crippen LogP contribution is 2.18. The van der Waals surface area contributed by atoms with Crippen LogP contribution in [0.5, 0.6) is 0 Å². The number of benzene rings is 1. The largest absolute Gasteiger partial charge is 0.464 e. The SMILES string of the molecule is CCCCC(CCCC)COC(=O)[C@H](Cc1cc(F)cc(F)c1)NC(=O)OC(C)(C)C. The van der Waals surface area contributed by atoms with E-state index in [0.717, 1.165) is 56.7 Å². The quantitative estimate of drug-likeness (QED) is 0.408. The number of carbonyl (C=O) groups excluding carboxylic acids is 2. The van der Waals surface area contributed by atoms with Crippen LogP contribution in [-0.2, 0) is 20.7 Å². The van der Waals surface area contributed by atoms with Crippen LogP contribution in [0.4, 0.5) is 13.6 Å². The van der Waals surface area contributed by atoms with Gasteiger partial charge < -0.3 is 14.8 Å². The molecule has 1 aromatic rings. The summed E-state index contributed by atoms with van der Waals surface area (Å²) >= 11 is 0. The zero-order valence-corrected chi connectivity index (χ0v) is 19.4. The van der Waals surface area contributed by atoms with Gasteiger partial charge in [-0.2, -0.15) is 0 Å². The minimum Gasteiger partial charge on any atom is -0.464 e. The number of hydrogen-bond donors (Lipinski definition) is 1. The average molecular weight is 442 g/mol. The van der Waals surface area contributed by atoms with Crippen LogP contribution in [0.25, 0.3) is 0 Å². The van der Waals surface area contributed by atoms with Crippen LogP contribution in [0.15, 0.2) is 18.2 Å². The van der Waals surface area contributed by atoms with Gasteiger partial charge in [0.05, 0.1) is 6.61 Å². The zero-order chi connectivity index (χ0) is 23.4. The fourth-order valence-corrected chi connectivity index (χ4v) is 3.20. The van der Waals surface area contributed by atoms with Crippen LogP contribution in [0, 0.1) is 17.6 Å². The fraction of sp³-hybridized carbons (Fsp3) is 0.667. The van der Waals surface area contributed by atoms with E-state index in [4.69, 9.17) is 9.47 Å². The summed E-state index contributed by atoms with van der Waals surface area (Å²) in [6.07, 6.45) is 5.24. The predicted molar refractivity (Wildman–Crippen MR) is 117 cm³/mol. The Bertz CT molecular complexity index is 675. The topological polar surface area (TPSA) is 64.6 Å². The number of carbonyl (C=O) groups is 2. The van der Waals surface area contributed by atoms with Gasteiger partial charge in [-0.05, 0) is 57.2 Å². The standard InChI is InChI=1S/C24H37F2NO4/c1-6-8-10-17(11-9-7-2)16-30-22(28)21(27-23(29)31-24(3,4)5)14-18-12-19(25)15-20(26)13-18/h12-13,15,17,21H,6-11,14,16H2,1-5H3,(H,27,29)/t21-/m0/s1. The zero-order valence-electron chi connectivity index (χ0n) is 19.4. The molecule has 0 saturated heterocycles. The average Bonchev–Trinajstić information content (AvgIpc) is 2.64. The van der Waals surface area contributed by atoms with Gasteiger partial charge >= 0.3 is 12.1 Å². The van der Waals surface area contributed by atoms with Gasteiger partial charge in [0.2, 0.25) is 0 Å². The van der Waals surface area contributed by atoms with Crippen molar-refractivity contribution < 1.29 is 27.8 Å². The molecule has 0 spiro atoms. The molecule has 5 nitrogen and oxygen atoms in total. The molecule has 0 saturated carbocycles. The first-order valence-corrected chi connectivity index (χ1v) is 11.1. The maximum atomic E-state index is 13.6. The Morgan fingerprint density at radius 1 is 1.00 bits per heavy atom. The highest BCUT2D eigenvalue weighted by molar-refractivity contribution is 5.81. The van der Waals surface area contributed by atoms with E-state index >= 15 is 0 Å². The molecule has 176 valence electrons. The molecular weight excluding hydrogens is 404 g/mol. The first kappa shape index (κ1) is 26.9. The molecule has 1 amide bonds. The number of ether oxygens (including phenoxy) is 2. The molecule has 0 bridgehead atoms. The number of rotatable bonds is 12. The molecule has 0 aliphatic rings. The second-order valence-corrected chi connectivity index (χ2v) is 8.96. The minimum atomic E-state index is -1.12. The predicted octanol–water partition coefficient (Wildman–Crippen LogP) is 5.94. The number of nitrogens with one attached hydrogen (secondary N) is 1. The molecule has 0 aromatic heterocycles. The normalized spacial score (nSPS) is 12.5. The van der Waals surface area contributed by atoms with E-state index in [2.05, 4.69) is 19.2 Å². The van der Waals surface area contributed by atoms with Crippen molar-refractivity contribution in [2.24, 2.45) is 5.92 Å². The molecule has 1 atom stereocenters. The van der Waals surface area contributed by atoms with E-state index in [1.54, 1.807) is 20.8 Å². The van der Waals surface area contributed by atoms with Crippen molar-refractivity contribution in [1.29, 1.82) is 0 Å². The summed E-state index contributed by atoms with van der Waals surface area (Å²) in [6, 6.07) is 1.90. The maximum Gasteiger partial charge on any atom is 0.408 e. The molecule has 1 aromatic carbocycles. The van der Waals surface area contributed by atoms with Crippen LogP contribution in [0.3, 0.4) is 0 Å². The van der Waals surface area contributed by atoms with Gasteiger partial charge in [-0.1, -0.05) is 39.5 Å². The van der Waals surface area contributed by atoms with E-state index < -0.39 is 35.3 Å². The number of amides is 1. The van der Waals surface area contributed by atoms with Crippen LogP contribution in [0.2, 0.25) is 0 Å². The maximum absolute atomic E-state index is 13.6. The van der Waals surface area contributed by atoms with Crippen molar-refractivity contribution in [1.82, 2.24) is 5.32 Å². The number of halogens is 2. The number of alkyl carbamates (subject to hydrolysis) is 1. The van der Waals surface area contributed by atoms with Crippen molar-refractivity contribution in [3.8, 4) is 0 Å². The van der Waals surface area contributed by atoms with Gasteiger partial charge in [-0.3, -0.25) is 0 Å². The van der Waals surface area contributed by atoms with Gasteiger partial charge in [0, 0.05) is 12.5 Å². The number of unbranched alkanes of at least 4 members (excludes halogenated alkanes) is 2. The summed E-state index contributed by atoms with van der Waals surface area (Å²) in [5.74, 6) is -1.90. The molecule has 0 unspecified atom stereocenters. The van der Waals surface area contributed by atoms with Crippen LogP contribution < -0.4 is 5.32 Å². The summed E-state index contributed by atoms with van der Waals surface area (Å²) in [4.78, 5) is 25.0. The summed E-state index contributed by atoms with van der Waals surface area (Å²) in [6.45, 7) is 9.59. The van der Waals surface area contributed by atoms with E-state index in [1.807, 2.05) is 0 Å². The van der Waals surface area contributed by atoms with Crippen molar-refractivity contribution in [3.05, 3.63) is 35.4 Å². The fourth-order valence-electron chi connectivity index (χ4n) is 3.20. The van der Waals surface area contributed by atoms with Gasteiger partial charge in [0.1, 0.15) is 23.3 Å². The lowest BCUT2D eigenvalue weighted by Crippen LogP contribution is -2.45. The van der Waals surface area contributed by atoms with Crippen molar-refractivity contribution in [2.45, 2.75) is 91.2 Å². The van der Waals surface area contributed by atoms with Crippen molar-refractivity contribution in [2.75, 3.05) is 6.61 Å². The smallest absolute Gasteiger partial charge is 0.408 e. The summed E-state index contributed by atoms with van der Waals surface area (Å²) in [7, 11) is 0. The third kappa shape index (κ3) is 11.7. The van der Waals surface area contributed by atoms with E-state index in [-0.39, 0.29) is 24.5 Å². The lowest BCUT2D eigenvalue weighted by Gasteiger charge is -2.24. The van der Waals surface area contributed by atoms with Crippen LogP contribution >= 0.6 is 0 Å². The summed E-state index contributed by atoms with van der Waals surface area (Å²) in [5, 5.41) is 2.49. The Morgan fingerprint density at radius 2 is 1.55 bits per heavy atom. The van der Waals surface area contributed by atoms with Crippen molar-refractivity contribution >= 4 is 12.1 Å². The Hall–Kier alpha value is -2.18. The Kier molecular flexibility index (Phi) is 11.5. The molecule has 0 heterocycles. The molecule has 7 heteroatoms. The second kappa shape index (κ2) is 13.3. The lowest BCUT2D eigenvalue weighted by atomic mass is 9.97. The molecule has 1 N–H and O–H groups in total. The monoisotopic (exact) mass is 441 g/mol. The molecule has 0 aliphatic carbocycles. The first-order chi connectivity index (χ1) is 14.5. The highest BCUT2D eigenvalue weighted by Gasteiger charge is 2.27. The van der Waals surface area contributed by atoms with Crippen molar-refractivity contribution in [3.63, 3.8) is 0 Å².